The van der Waals surface area contributed by atoms with Crippen LogP contribution in [0.25, 0.3) is 11.3 Å². The van der Waals surface area contributed by atoms with Gasteiger partial charge in [0, 0.05) is 24.8 Å². The number of aliphatic hydroxyl groups excluding tert-OH is 1. The molecule has 1 aromatic carbocycles. The van der Waals surface area contributed by atoms with Gasteiger partial charge < -0.3 is 9.52 Å². The Labute approximate surface area is 119 Å². The number of hydrogen-bond acceptors (Lipinski definition) is 3. The van der Waals surface area contributed by atoms with Crippen LogP contribution in [-0.2, 0) is 6.54 Å². The van der Waals surface area contributed by atoms with Gasteiger partial charge in [0.05, 0.1) is 6.26 Å². The van der Waals surface area contributed by atoms with Crippen LogP contribution in [0.2, 0.25) is 0 Å². The van der Waals surface area contributed by atoms with E-state index in [1.165, 1.54) is 18.4 Å². The second kappa shape index (κ2) is 6.25. The first-order valence-corrected chi connectivity index (χ1v) is 7.34. The molecule has 106 valence electrons. The molecule has 3 rings (SSSR count). The molecule has 20 heavy (non-hydrogen) atoms. The van der Waals surface area contributed by atoms with E-state index in [1.807, 2.05) is 12.1 Å². The normalized spacial score (nSPS) is 19.6. The van der Waals surface area contributed by atoms with Gasteiger partial charge in [0.1, 0.15) is 5.76 Å². The maximum absolute atomic E-state index is 9.12. The largest absolute Gasteiger partial charge is 0.464 e. The highest BCUT2D eigenvalue weighted by molar-refractivity contribution is 5.57. The lowest BCUT2D eigenvalue weighted by atomic mass is 10.1. The van der Waals surface area contributed by atoms with Gasteiger partial charge in [0.25, 0.3) is 0 Å². The first-order chi connectivity index (χ1) is 9.86. The van der Waals surface area contributed by atoms with Crippen molar-refractivity contribution >= 4 is 0 Å². The molecule has 2 heterocycles. The molecule has 0 radical (unpaired) electrons. The van der Waals surface area contributed by atoms with E-state index in [0.29, 0.717) is 12.6 Å². The zero-order valence-corrected chi connectivity index (χ0v) is 11.7. The molecule has 3 nitrogen and oxygen atoms in total. The lowest BCUT2D eigenvalue weighted by molar-refractivity contribution is 0.190. The van der Waals surface area contributed by atoms with E-state index in [0.717, 1.165) is 30.8 Å². The van der Waals surface area contributed by atoms with Gasteiger partial charge in [0.15, 0.2) is 0 Å². The zero-order chi connectivity index (χ0) is 13.8. The summed E-state index contributed by atoms with van der Waals surface area (Å²) in [6, 6.07) is 13.0. The van der Waals surface area contributed by atoms with Gasteiger partial charge in [-0.1, -0.05) is 24.3 Å². The van der Waals surface area contributed by atoms with Crippen LogP contribution in [0.15, 0.2) is 47.1 Å². The summed E-state index contributed by atoms with van der Waals surface area (Å²) in [7, 11) is 0. The molecule has 0 amide bonds. The van der Waals surface area contributed by atoms with Crippen LogP contribution in [0.5, 0.6) is 0 Å². The molecule has 1 aliphatic heterocycles. The van der Waals surface area contributed by atoms with Crippen LogP contribution in [0, 0.1) is 0 Å². The van der Waals surface area contributed by atoms with Crippen LogP contribution < -0.4 is 0 Å². The lowest BCUT2D eigenvalue weighted by Gasteiger charge is -2.23. The molecule has 2 aromatic rings. The molecular formula is C17H21NO2. The minimum Gasteiger partial charge on any atom is -0.464 e. The molecule has 1 aromatic heterocycles. The van der Waals surface area contributed by atoms with Gasteiger partial charge in [-0.3, -0.25) is 4.90 Å². The van der Waals surface area contributed by atoms with Gasteiger partial charge in [-0.15, -0.1) is 0 Å². The summed E-state index contributed by atoms with van der Waals surface area (Å²) in [6.45, 7) is 2.41. The molecule has 3 heteroatoms. The van der Waals surface area contributed by atoms with Crippen molar-refractivity contribution in [3.8, 4) is 11.3 Å². The minimum absolute atomic E-state index is 0.290. The van der Waals surface area contributed by atoms with Gasteiger partial charge >= 0.3 is 0 Å². The number of benzene rings is 1. The van der Waals surface area contributed by atoms with Gasteiger partial charge in [-0.2, -0.15) is 0 Å². The summed E-state index contributed by atoms with van der Waals surface area (Å²) in [5, 5.41) is 9.12. The Kier molecular flexibility index (Phi) is 4.19. The van der Waals surface area contributed by atoms with E-state index in [4.69, 9.17) is 9.52 Å². The van der Waals surface area contributed by atoms with Crippen molar-refractivity contribution in [3.05, 3.63) is 48.2 Å². The molecule has 0 aliphatic carbocycles. The van der Waals surface area contributed by atoms with E-state index in [2.05, 4.69) is 29.2 Å². The third-order valence-corrected chi connectivity index (χ3v) is 4.11. The quantitative estimate of drug-likeness (QED) is 0.906. The molecule has 1 aliphatic rings. The number of furan rings is 1. The number of likely N-dealkylation sites (tertiary alicyclic amines) is 1. The first-order valence-electron chi connectivity index (χ1n) is 7.34. The second-order valence-corrected chi connectivity index (χ2v) is 5.45. The number of hydrogen-bond donors (Lipinski definition) is 1. The fraction of sp³-hybridized carbons (Fsp3) is 0.412. The first kappa shape index (κ1) is 13.4. The van der Waals surface area contributed by atoms with Crippen molar-refractivity contribution in [2.45, 2.75) is 31.8 Å². The number of aliphatic hydroxyl groups is 1. The van der Waals surface area contributed by atoms with Crippen LogP contribution >= 0.6 is 0 Å². The van der Waals surface area contributed by atoms with Crippen LogP contribution in [0.3, 0.4) is 0 Å². The van der Waals surface area contributed by atoms with Crippen LogP contribution in [0.4, 0.5) is 0 Å². The predicted octanol–water partition coefficient (Wildman–Crippen LogP) is 3.29. The highest BCUT2D eigenvalue weighted by atomic mass is 16.3. The van der Waals surface area contributed by atoms with Crippen molar-refractivity contribution in [1.82, 2.24) is 4.90 Å². The minimum atomic E-state index is 0.290. The average molecular weight is 271 g/mol. The topological polar surface area (TPSA) is 36.6 Å². The average Bonchev–Trinajstić information content (AvgIpc) is 3.13. The summed E-state index contributed by atoms with van der Waals surface area (Å²) in [4.78, 5) is 2.48. The smallest absolute Gasteiger partial charge is 0.133 e. The third-order valence-electron chi connectivity index (χ3n) is 4.11. The van der Waals surface area contributed by atoms with Crippen molar-refractivity contribution in [1.29, 1.82) is 0 Å². The summed E-state index contributed by atoms with van der Waals surface area (Å²) in [5.74, 6) is 0.913. The molecule has 1 atom stereocenters. The predicted molar refractivity (Wildman–Crippen MR) is 79.3 cm³/mol. The summed E-state index contributed by atoms with van der Waals surface area (Å²) >= 11 is 0. The van der Waals surface area contributed by atoms with Crippen molar-refractivity contribution in [2.24, 2.45) is 0 Å². The third kappa shape index (κ3) is 2.94. The Morgan fingerprint density at radius 2 is 2.05 bits per heavy atom. The van der Waals surface area contributed by atoms with E-state index in [9.17, 15) is 0 Å². The fourth-order valence-electron chi connectivity index (χ4n) is 3.03. The van der Waals surface area contributed by atoms with Gasteiger partial charge in [0.2, 0.25) is 0 Å². The SMILES string of the molecule is OCC[C@@H]1CCCN1Cc1ccc(-c2ccco2)cc1. The van der Waals surface area contributed by atoms with Gasteiger partial charge in [-0.05, 0) is 43.5 Å². The Hall–Kier alpha value is -1.58. The lowest BCUT2D eigenvalue weighted by Crippen LogP contribution is -2.29. The molecule has 0 spiro atoms. The molecule has 1 fully saturated rings. The molecule has 0 unspecified atom stereocenters. The molecule has 0 bridgehead atoms. The number of nitrogens with zero attached hydrogens (tertiary/aromatic N) is 1. The van der Waals surface area contributed by atoms with Crippen molar-refractivity contribution < 1.29 is 9.52 Å². The highest BCUT2D eigenvalue weighted by Gasteiger charge is 2.23. The standard InChI is InChI=1S/C17H21NO2/c19-11-9-16-3-1-10-18(16)13-14-5-7-15(8-6-14)17-4-2-12-20-17/h2,4-8,12,16,19H,1,3,9-11,13H2/t16-/m0/s1. The van der Waals surface area contributed by atoms with Gasteiger partial charge in [-0.25, -0.2) is 0 Å². The molecule has 1 saturated heterocycles. The monoisotopic (exact) mass is 271 g/mol. The Morgan fingerprint density at radius 3 is 2.75 bits per heavy atom. The van der Waals surface area contributed by atoms with Crippen LogP contribution in [-0.4, -0.2) is 29.2 Å². The Morgan fingerprint density at radius 1 is 1.20 bits per heavy atom. The maximum Gasteiger partial charge on any atom is 0.133 e. The molecular weight excluding hydrogens is 250 g/mol. The maximum atomic E-state index is 9.12. The van der Waals surface area contributed by atoms with E-state index < -0.39 is 0 Å². The summed E-state index contributed by atoms with van der Waals surface area (Å²) in [6.07, 6.45) is 5.05. The second-order valence-electron chi connectivity index (χ2n) is 5.45. The highest BCUT2D eigenvalue weighted by Crippen LogP contribution is 2.24. The van der Waals surface area contributed by atoms with E-state index in [-0.39, 0.29) is 0 Å². The van der Waals surface area contributed by atoms with E-state index in [1.54, 1.807) is 6.26 Å². The molecule has 0 saturated carbocycles. The van der Waals surface area contributed by atoms with E-state index >= 15 is 0 Å². The zero-order valence-electron chi connectivity index (χ0n) is 11.7. The van der Waals surface area contributed by atoms with Crippen molar-refractivity contribution in [2.75, 3.05) is 13.2 Å². The number of rotatable bonds is 5. The Balaban J connectivity index is 1.66. The molecule has 1 N–H and O–H groups in total. The Bertz CT molecular complexity index is 518. The summed E-state index contributed by atoms with van der Waals surface area (Å²) < 4.78 is 5.40. The van der Waals surface area contributed by atoms with Crippen LogP contribution in [0.1, 0.15) is 24.8 Å². The summed E-state index contributed by atoms with van der Waals surface area (Å²) in [5.41, 5.74) is 2.44. The van der Waals surface area contributed by atoms with Crippen molar-refractivity contribution in [3.63, 3.8) is 0 Å². The fourth-order valence-corrected chi connectivity index (χ4v) is 3.03.